The van der Waals surface area contributed by atoms with Gasteiger partial charge in [0.25, 0.3) is 0 Å². The normalized spacial score (nSPS) is 20.8. The SMILES string of the molecule is CCCCNC1CC(O)CC(CO)O1.O=C(NCC(=O)N1CCN(c2ccncc2)CC1)[C@@H](Cc1cc(P)c(O)c(Br)c1)NC(=O)N1CCC(N2Cc3ccccc3NC2=O)CC1. The number of halogens is 1. The maximum atomic E-state index is 13.6. The van der Waals surface area contributed by atoms with Crippen LogP contribution in [0.1, 0.15) is 56.6 Å². The van der Waals surface area contributed by atoms with Crippen LogP contribution in [-0.2, 0) is 27.3 Å². The molecule has 19 heteroatoms. The van der Waals surface area contributed by atoms with Crippen LogP contribution in [0.4, 0.5) is 21.0 Å². The number of hydrogen-bond donors (Lipinski definition) is 7. The minimum Gasteiger partial charge on any atom is -0.506 e. The zero-order valence-corrected chi connectivity index (χ0v) is 38.5. The Morgan fingerprint density at radius 1 is 1.02 bits per heavy atom. The Bertz CT molecular complexity index is 1980. The van der Waals surface area contributed by atoms with Crippen LogP contribution in [0.2, 0.25) is 0 Å². The molecule has 0 aliphatic carbocycles. The predicted molar refractivity (Wildman–Crippen MR) is 247 cm³/mol. The fourth-order valence-electron chi connectivity index (χ4n) is 8.23. The van der Waals surface area contributed by atoms with Crippen LogP contribution in [-0.4, -0.2) is 148 Å². The van der Waals surface area contributed by atoms with Gasteiger partial charge in [0, 0.05) is 100 Å². The van der Waals surface area contributed by atoms with E-state index in [4.69, 9.17) is 9.84 Å². The number of carbonyl (C=O) groups excluding carboxylic acids is 4. The summed E-state index contributed by atoms with van der Waals surface area (Å²) < 4.78 is 6.00. The first-order chi connectivity index (χ1) is 30.4. The molecule has 5 atom stereocenters. The summed E-state index contributed by atoms with van der Waals surface area (Å²) in [5, 5.41) is 41.0. The molecule has 7 rings (SSSR count). The quantitative estimate of drug-likeness (QED) is 0.0979. The van der Waals surface area contributed by atoms with Gasteiger partial charge in [0.05, 0.1) is 29.8 Å². The second-order valence-corrected chi connectivity index (χ2v) is 17.8. The molecule has 4 unspecified atom stereocenters. The van der Waals surface area contributed by atoms with Crippen molar-refractivity contribution in [2.45, 2.75) is 88.9 Å². The van der Waals surface area contributed by atoms with E-state index in [2.05, 4.69) is 63.2 Å². The summed E-state index contributed by atoms with van der Waals surface area (Å²) in [4.78, 5) is 64.5. The lowest BCUT2D eigenvalue weighted by atomic mass is 10.0. The number of hydrogen-bond acceptors (Lipinski definition) is 11. The Kier molecular flexibility index (Phi) is 17.8. The standard InChI is InChI=1S/C34H40BrN8O5P.C10H21NO3/c35-26-17-22(19-29(49)31(26)45)18-28(32(46)37-20-30(44)41-15-13-40(14-16-41)24-5-9-36-10-6-24)39-33(47)42-11-7-25(8-12-42)43-21-23-3-1-2-4-27(23)38-34(43)48;1-2-3-4-11-10-6-8(13)5-9(7-12)14-10/h1-6,9-10,17,19,25,28,45H,7-8,11-16,18,20-21,49H2,(H,37,46)(H,38,48)(H,39,47);8-13H,2-7H2,1H3/t28-;/m1./s1. The highest BCUT2D eigenvalue weighted by atomic mass is 79.9. The minimum atomic E-state index is -0.980. The second-order valence-electron chi connectivity index (χ2n) is 16.3. The summed E-state index contributed by atoms with van der Waals surface area (Å²) in [6.45, 7) is 6.57. The first kappa shape index (κ1) is 47.9. The van der Waals surface area contributed by atoms with E-state index in [1.54, 1.807) is 34.3 Å². The lowest BCUT2D eigenvalue weighted by Gasteiger charge is -2.40. The largest absolute Gasteiger partial charge is 0.506 e. The lowest BCUT2D eigenvalue weighted by molar-refractivity contribution is -0.133. The zero-order valence-electron chi connectivity index (χ0n) is 35.8. The number of aliphatic hydroxyl groups excluding tert-OH is 2. The highest BCUT2D eigenvalue weighted by Gasteiger charge is 2.34. The molecule has 7 N–H and O–H groups in total. The summed E-state index contributed by atoms with van der Waals surface area (Å²) >= 11 is 3.35. The third-order valence-corrected chi connectivity index (χ3v) is 12.9. The number of fused-ring (bicyclic) bond motifs is 1. The van der Waals surface area contributed by atoms with Crippen molar-refractivity contribution in [3.8, 4) is 5.75 Å². The summed E-state index contributed by atoms with van der Waals surface area (Å²) in [5.74, 6) is -0.605. The van der Waals surface area contributed by atoms with Gasteiger partial charge in [0.15, 0.2) is 0 Å². The number of urea groups is 2. The second kappa shape index (κ2) is 23.4. The average Bonchev–Trinajstić information content (AvgIpc) is 3.30. The van der Waals surface area contributed by atoms with Crippen molar-refractivity contribution in [1.29, 1.82) is 0 Å². The van der Waals surface area contributed by atoms with Crippen LogP contribution in [0.25, 0.3) is 0 Å². The number of anilines is 2. The average molecular weight is 955 g/mol. The van der Waals surface area contributed by atoms with Crippen molar-refractivity contribution in [1.82, 2.24) is 35.6 Å². The molecule has 342 valence electrons. The van der Waals surface area contributed by atoms with Crippen molar-refractivity contribution >= 4 is 65.7 Å². The molecular formula is C44H61BrN9O8P. The number of rotatable bonds is 13. The van der Waals surface area contributed by atoms with E-state index < -0.39 is 18.0 Å². The van der Waals surface area contributed by atoms with Gasteiger partial charge < -0.3 is 55.6 Å². The number of amides is 6. The first-order valence-electron chi connectivity index (χ1n) is 21.8. The molecule has 6 amide bonds. The predicted octanol–water partition coefficient (Wildman–Crippen LogP) is 2.88. The number of aromatic hydroxyl groups is 1. The number of nitrogens with one attached hydrogen (secondary N) is 4. The topological polar surface area (TPSA) is 212 Å². The number of piperidine rings is 1. The number of phenols is 1. The Hall–Kier alpha value is -4.58. The number of phenolic OH excluding ortho intramolecular Hbond substituents is 1. The Balaban J connectivity index is 0.000000402. The molecule has 4 aliphatic rings. The maximum Gasteiger partial charge on any atom is 0.322 e. The number of nitrogens with zero attached hydrogens (tertiary/aromatic N) is 5. The zero-order chi connectivity index (χ0) is 44.9. The number of para-hydroxylation sites is 1. The molecule has 17 nitrogen and oxygen atoms in total. The highest BCUT2D eigenvalue weighted by molar-refractivity contribution is 9.10. The van der Waals surface area contributed by atoms with Gasteiger partial charge in [-0.3, -0.25) is 19.9 Å². The van der Waals surface area contributed by atoms with Crippen molar-refractivity contribution in [3.63, 3.8) is 0 Å². The van der Waals surface area contributed by atoms with Gasteiger partial charge in [-0.2, -0.15) is 0 Å². The van der Waals surface area contributed by atoms with Crippen molar-refractivity contribution in [2.75, 3.05) is 69.2 Å². The van der Waals surface area contributed by atoms with Gasteiger partial charge in [-0.1, -0.05) is 31.5 Å². The van der Waals surface area contributed by atoms with E-state index >= 15 is 0 Å². The van der Waals surface area contributed by atoms with E-state index in [1.165, 1.54) is 0 Å². The Morgan fingerprint density at radius 2 is 1.75 bits per heavy atom. The Morgan fingerprint density at radius 3 is 2.44 bits per heavy atom. The monoisotopic (exact) mass is 953 g/mol. The summed E-state index contributed by atoms with van der Waals surface area (Å²) in [6.07, 6.45) is 7.60. The molecule has 3 aromatic rings. The summed E-state index contributed by atoms with van der Waals surface area (Å²) in [6, 6.07) is 13.5. The number of piperazine rings is 1. The van der Waals surface area contributed by atoms with Crippen molar-refractivity contribution < 1.29 is 39.2 Å². The van der Waals surface area contributed by atoms with E-state index in [0.717, 1.165) is 36.3 Å². The molecule has 0 radical (unpaired) electrons. The number of aromatic nitrogens is 1. The fraction of sp³-hybridized carbons (Fsp3) is 0.523. The maximum absolute atomic E-state index is 13.6. The number of ether oxygens (including phenoxy) is 1. The molecule has 3 fully saturated rings. The van der Waals surface area contributed by atoms with E-state index in [9.17, 15) is 29.4 Å². The molecule has 2 aromatic carbocycles. The number of likely N-dealkylation sites (tertiary alicyclic amines) is 1. The highest BCUT2D eigenvalue weighted by Crippen LogP contribution is 2.28. The summed E-state index contributed by atoms with van der Waals surface area (Å²) in [7, 11) is 2.46. The molecule has 4 aliphatic heterocycles. The molecular weight excluding hydrogens is 893 g/mol. The van der Waals surface area contributed by atoms with Crippen LogP contribution < -0.4 is 31.5 Å². The number of pyridine rings is 1. The van der Waals surface area contributed by atoms with Crippen LogP contribution in [0.15, 0.2) is 65.4 Å². The fourth-order valence-corrected chi connectivity index (χ4v) is 9.33. The Labute approximate surface area is 379 Å². The minimum absolute atomic E-state index is 0.0109. The van der Waals surface area contributed by atoms with Crippen LogP contribution in [0, 0.1) is 0 Å². The van der Waals surface area contributed by atoms with Crippen LogP contribution >= 0.6 is 25.2 Å². The molecule has 0 spiro atoms. The third kappa shape index (κ3) is 13.5. The van der Waals surface area contributed by atoms with Crippen molar-refractivity contribution in [2.24, 2.45) is 0 Å². The smallest absolute Gasteiger partial charge is 0.322 e. The molecule has 1 aromatic heterocycles. The number of aliphatic hydroxyl groups is 2. The van der Waals surface area contributed by atoms with E-state index in [1.807, 2.05) is 41.3 Å². The van der Waals surface area contributed by atoms with E-state index in [0.29, 0.717) is 86.8 Å². The van der Waals surface area contributed by atoms with Crippen LogP contribution in [0.3, 0.4) is 0 Å². The number of carbonyl (C=O) groups is 4. The lowest BCUT2D eigenvalue weighted by Crippen LogP contribution is -2.57. The van der Waals surface area contributed by atoms with Crippen LogP contribution in [0.5, 0.6) is 5.75 Å². The third-order valence-electron chi connectivity index (χ3n) is 11.8. The van der Waals surface area contributed by atoms with Gasteiger partial charge in [-0.25, -0.2) is 9.59 Å². The van der Waals surface area contributed by atoms with Gasteiger partial charge >= 0.3 is 12.1 Å². The number of benzene rings is 2. The van der Waals surface area contributed by atoms with Gasteiger partial charge in [0.2, 0.25) is 11.8 Å². The van der Waals surface area contributed by atoms with Gasteiger partial charge in [-0.05, 0) is 83.2 Å². The van der Waals surface area contributed by atoms with Crippen molar-refractivity contribution in [3.05, 3.63) is 76.5 Å². The molecule has 0 saturated carbocycles. The molecule has 5 heterocycles. The summed E-state index contributed by atoms with van der Waals surface area (Å²) in [5.41, 5.74) is 3.64. The first-order valence-corrected chi connectivity index (χ1v) is 23.1. The van der Waals surface area contributed by atoms with E-state index in [-0.39, 0.29) is 61.7 Å². The number of unbranched alkanes of at least 4 members (excludes halogenated alkanes) is 1. The van der Waals surface area contributed by atoms with Gasteiger partial charge in [-0.15, -0.1) is 9.24 Å². The molecule has 3 saturated heterocycles. The molecule has 63 heavy (non-hydrogen) atoms. The molecule has 0 bridgehead atoms. The van der Waals surface area contributed by atoms with Gasteiger partial charge in [0.1, 0.15) is 18.0 Å².